The van der Waals surface area contributed by atoms with E-state index >= 15 is 0 Å². The van der Waals surface area contributed by atoms with Gasteiger partial charge in [0.05, 0.1) is 0 Å². The molecule has 1 saturated heterocycles. The lowest BCUT2D eigenvalue weighted by Crippen LogP contribution is -2.37. The van der Waals surface area contributed by atoms with Crippen LogP contribution in [0.2, 0.25) is 5.02 Å². The fourth-order valence-electron chi connectivity index (χ4n) is 2.78. The van der Waals surface area contributed by atoms with Crippen molar-refractivity contribution in [1.82, 2.24) is 10.8 Å². The third-order valence-electron chi connectivity index (χ3n) is 3.95. The molecule has 0 radical (unpaired) electrons. The number of carbonyl (C=O) groups excluding carboxylic acids is 2. The lowest BCUT2D eigenvalue weighted by Gasteiger charge is -2.29. The first kappa shape index (κ1) is 16.3. The molecule has 2 aromatic rings. The quantitative estimate of drug-likeness (QED) is 0.587. The van der Waals surface area contributed by atoms with Gasteiger partial charge >= 0.3 is 0 Å². The van der Waals surface area contributed by atoms with Crippen molar-refractivity contribution >= 4 is 34.8 Å². The van der Waals surface area contributed by atoms with Gasteiger partial charge in [0.1, 0.15) is 6.04 Å². The van der Waals surface area contributed by atoms with Gasteiger partial charge in [-0.05, 0) is 55.0 Å². The predicted octanol–water partition coefficient (Wildman–Crippen LogP) is 2.49. The average molecular weight is 346 g/mol. The number of anilines is 2. The molecule has 2 aromatic carbocycles. The van der Waals surface area contributed by atoms with E-state index in [9.17, 15) is 9.59 Å². The third kappa shape index (κ3) is 3.20. The second-order valence-corrected chi connectivity index (χ2v) is 5.87. The highest BCUT2D eigenvalue weighted by Crippen LogP contribution is 2.31. The molecule has 1 heterocycles. The minimum atomic E-state index is -0.585. The van der Waals surface area contributed by atoms with Gasteiger partial charge in [0.2, 0.25) is 5.91 Å². The summed E-state index contributed by atoms with van der Waals surface area (Å²) in [6.45, 7) is 0.624. The molecule has 6 nitrogen and oxygen atoms in total. The van der Waals surface area contributed by atoms with Crippen molar-refractivity contribution in [1.29, 1.82) is 0 Å². The topological polar surface area (TPSA) is 81.7 Å². The average Bonchev–Trinajstić information content (AvgIpc) is 3.02. The molecule has 3 rings (SSSR count). The van der Waals surface area contributed by atoms with Crippen molar-refractivity contribution in [3.8, 4) is 0 Å². The number of rotatable bonds is 4. The normalized spacial score (nSPS) is 16.6. The van der Waals surface area contributed by atoms with Crippen LogP contribution in [0, 0.1) is 0 Å². The van der Waals surface area contributed by atoms with E-state index in [1.165, 1.54) is 0 Å². The number of hydrogen-bond donors (Lipinski definition) is 3. The molecule has 0 bridgehead atoms. The molecule has 3 N–H and O–H groups in total. The molecular weight excluding hydrogens is 330 g/mol. The van der Waals surface area contributed by atoms with Gasteiger partial charge in [0.25, 0.3) is 5.91 Å². The first-order valence-electron chi connectivity index (χ1n) is 7.47. The minimum absolute atomic E-state index is 0.0397. The Kier molecular flexibility index (Phi) is 4.69. The molecule has 1 fully saturated rings. The number of hydroxylamine groups is 1. The summed E-state index contributed by atoms with van der Waals surface area (Å²) in [4.78, 5) is 25.5. The minimum Gasteiger partial charge on any atom is -0.354 e. The molecule has 7 heteroatoms. The Bertz CT molecular complexity index is 747. The zero-order valence-electron chi connectivity index (χ0n) is 12.7. The van der Waals surface area contributed by atoms with Crippen molar-refractivity contribution in [3.05, 3.63) is 59.1 Å². The first-order chi connectivity index (χ1) is 11.6. The summed E-state index contributed by atoms with van der Waals surface area (Å²) in [5.41, 5.74) is 3.53. The molecule has 1 aliphatic heterocycles. The molecule has 124 valence electrons. The number of amides is 2. The van der Waals surface area contributed by atoms with Gasteiger partial charge in [-0.1, -0.05) is 11.6 Å². The summed E-state index contributed by atoms with van der Waals surface area (Å²) < 4.78 is 0. The molecule has 1 aliphatic rings. The molecule has 0 spiro atoms. The molecule has 2 amide bonds. The largest absolute Gasteiger partial charge is 0.354 e. The van der Waals surface area contributed by atoms with Crippen LogP contribution in [0.5, 0.6) is 0 Å². The molecule has 0 aromatic heterocycles. The van der Waals surface area contributed by atoms with Crippen molar-refractivity contribution in [2.24, 2.45) is 0 Å². The van der Waals surface area contributed by atoms with Crippen LogP contribution in [0.15, 0.2) is 48.5 Å². The SMILES string of the molecule is O=C(NO)c1ccc(N(c2ccc(Cl)cc2)C2CCNC2=O)cc1. The number of nitrogens with one attached hydrogen (secondary N) is 2. The lowest BCUT2D eigenvalue weighted by atomic mass is 10.1. The van der Waals surface area contributed by atoms with Crippen molar-refractivity contribution in [2.75, 3.05) is 11.4 Å². The van der Waals surface area contributed by atoms with Crippen LogP contribution in [0.3, 0.4) is 0 Å². The number of halogens is 1. The summed E-state index contributed by atoms with van der Waals surface area (Å²) in [5.74, 6) is -0.625. The Morgan fingerprint density at radius 2 is 1.71 bits per heavy atom. The molecule has 1 unspecified atom stereocenters. The van der Waals surface area contributed by atoms with E-state index in [1.54, 1.807) is 41.9 Å². The summed E-state index contributed by atoms with van der Waals surface area (Å²) in [6, 6.07) is 13.6. The van der Waals surface area contributed by atoms with Gasteiger partial charge in [-0.3, -0.25) is 14.8 Å². The van der Waals surface area contributed by atoms with E-state index in [1.807, 2.05) is 17.0 Å². The summed E-state index contributed by atoms with van der Waals surface area (Å²) in [7, 11) is 0. The lowest BCUT2D eigenvalue weighted by molar-refractivity contribution is -0.120. The highest BCUT2D eigenvalue weighted by molar-refractivity contribution is 6.30. The molecule has 0 saturated carbocycles. The van der Waals surface area contributed by atoms with Crippen LogP contribution >= 0.6 is 11.6 Å². The monoisotopic (exact) mass is 345 g/mol. The number of hydrogen-bond acceptors (Lipinski definition) is 4. The zero-order valence-corrected chi connectivity index (χ0v) is 13.5. The van der Waals surface area contributed by atoms with Gasteiger partial charge in [-0.15, -0.1) is 0 Å². The summed E-state index contributed by atoms with van der Waals surface area (Å²) in [5, 5.41) is 12.2. The Balaban J connectivity index is 1.99. The summed E-state index contributed by atoms with van der Waals surface area (Å²) >= 11 is 5.96. The Morgan fingerprint density at radius 1 is 1.12 bits per heavy atom. The second-order valence-electron chi connectivity index (χ2n) is 5.43. The Morgan fingerprint density at radius 3 is 2.21 bits per heavy atom. The molecule has 0 aliphatic carbocycles. The van der Waals surface area contributed by atoms with Gasteiger partial charge in [-0.2, -0.15) is 0 Å². The van der Waals surface area contributed by atoms with Crippen LogP contribution in [-0.2, 0) is 4.79 Å². The zero-order chi connectivity index (χ0) is 17.1. The maximum Gasteiger partial charge on any atom is 0.274 e. The van der Waals surface area contributed by atoms with E-state index in [0.29, 0.717) is 23.6 Å². The van der Waals surface area contributed by atoms with Crippen LogP contribution in [0.4, 0.5) is 11.4 Å². The second kappa shape index (κ2) is 6.90. The van der Waals surface area contributed by atoms with E-state index < -0.39 is 5.91 Å². The Labute approximate surface area is 144 Å². The van der Waals surface area contributed by atoms with Crippen LogP contribution in [0.1, 0.15) is 16.8 Å². The maximum atomic E-state index is 12.2. The number of carbonyl (C=O) groups is 2. The van der Waals surface area contributed by atoms with E-state index in [4.69, 9.17) is 16.8 Å². The van der Waals surface area contributed by atoms with Crippen LogP contribution in [0.25, 0.3) is 0 Å². The summed E-state index contributed by atoms with van der Waals surface area (Å²) in [6.07, 6.45) is 0.681. The number of benzene rings is 2. The smallest absolute Gasteiger partial charge is 0.274 e. The molecule has 1 atom stereocenters. The van der Waals surface area contributed by atoms with Crippen LogP contribution < -0.4 is 15.7 Å². The maximum absolute atomic E-state index is 12.2. The van der Waals surface area contributed by atoms with Gasteiger partial charge in [-0.25, -0.2) is 5.48 Å². The van der Waals surface area contributed by atoms with Gasteiger partial charge in [0, 0.05) is 28.5 Å². The fraction of sp³-hybridized carbons (Fsp3) is 0.176. The highest BCUT2D eigenvalue weighted by Gasteiger charge is 2.31. The van der Waals surface area contributed by atoms with Gasteiger partial charge < -0.3 is 10.2 Å². The van der Waals surface area contributed by atoms with Crippen molar-refractivity contribution in [3.63, 3.8) is 0 Å². The number of nitrogens with zero attached hydrogens (tertiary/aromatic N) is 1. The highest BCUT2D eigenvalue weighted by atomic mass is 35.5. The van der Waals surface area contributed by atoms with E-state index in [0.717, 1.165) is 11.4 Å². The Hall–Kier alpha value is -2.57. The predicted molar refractivity (Wildman–Crippen MR) is 90.7 cm³/mol. The van der Waals surface area contributed by atoms with Gasteiger partial charge in [0.15, 0.2) is 0 Å². The van der Waals surface area contributed by atoms with Crippen LogP contribution in [-0.4, -0.2) is 29.6 Å². The fourth-order valence-corrected chi connectivity index (χ4v) is 2.90. The van der Waals surface area contributed by atoms with E-state index in [2.05, 4.69) is 5.32 Å². The van der Waals surface area contributed by atoms with Crippen molar-refractivity contribution in [2.45, 2.75) is 12.5 Å². The standard InChI is InChI=1S/C17H16ClN3O3/c18-12-3-7-14(8-4-12)21(15-9-10-19-17(15)23)13-5-1-11(2-6-13)16(22)20-24/h1-8,15,24H,9-10H2,(H,19,23)(H,20,22). The molecular formula is C17H16ClN3O3. The molecule has 24 heavy (non-hydrogen) atoms. The first-order valence-corrected chi connectivity index (χ1v) is 7.85. The third-order valence-corrected chi connectivity index (χ3v) is 4.20. The van der Waals surface area contributed by atoms with E-state index in [-0.39, 0.29) is 11.9 Å². The van der Waals surface area contributed by atoms with Crippen molar-refractivity contribution < 1.29 is 14.8 Å².